The number of nitrogen functional groups attached to an aromatic ring is 1. The van der Waals surface area contributed by atoms with Crippen LogP contribution in [0.2, 0.25) is 5.02 Å². The van der Waals surface area contributed by atoms with E-state index in [0.717, 1.165) is 28.4 Å². The standard InChI is InChI=1S/C15H15ClN2OS/c16-11-5-1-9(2-6-11)8-18-13-7-12(17)15(20-13)14(19)10-3-4-10/h1-2,5-7,10,18H,3-4,8,17H2. The second-order valence-corrected chi connectivity index (χ2v) is 6.50. The minimum atomic E-state index is 0.201. The van der Waals surface area contributed by atoms with Crippen molar-refractivity contribution in [1.82, 2.24) is 0 Å². The van der Waals surface area contributed by atoms with E-state index in [0.29, 0.717) is 17.1 Å². The van der Waals surface area contributed by atoms with E-state index in [-0.39, 0.29) is 11.7 Å². The van der Waals surface area contributed by atoms with Crippen LogP contribution >= 0.6 is 22.9 Å². The molecule has 0 radical (unpaired) electrons. The highest BCUT2D eigenvalue weighted by atomic mass is 35.5. The van der Waals surface area contributed by atoms with E-state index in [2.05, 4.69) is 5.32 Å². The molecule has 0 bridgehead atoms. The smallest absolute Gasteiger partial charge is 0.178 e. The molecule has 3 nitrogen and oxygen atoms in total. The van der Waals surface area contributed by atoms with E-state index in [4.69, 9.17) is 17.3 Å². The van der Waals surface area contributed by atoms with Crippen LogP contribution < -0.4 is 11.1 Å². The molecule has 1 saturated carbocycles. The van der Waals surface area contributed by atoms with Gasteiger partial charge in [0, 0.05) is 17.5 Å². The van der Waals surface area contributed by atoms with Gasteiger partial charge in [-0.15, -0.1) is 11.3 Å². The third kappa shape index (κ3) is 2.97. The van der Waals surface area contributed by atoms with Crippen LogP contribution in [-0.2, 0) is 6.54 Å². The molecule has 1 aromatic carbocycles. The Balaban J connectivity index is 1.67. The van der Waals surface area contributed by atoms with Crippen molar-refractivity contribution in [3.63, 3.8) is 0 Å². The first-order valence-electron chi connectivity index (χ1n) is 6.55. The third-order valence-corrected chi connectivity index (χ3v) is 4.69. The summed E-state index contributed by atoms with van der Waals surface area (Å²) in [6.45, 7) is 0.689. The average Bonchev–Trinajstić information content (AvgIpc) is 3.21. The van der Waals surface area contributed by atoms with Crippen LogP contribution in [0.5, 0.6) is 0 Å². The number of benzene rings is 1. The molecule has 0 aliphatic heterocycles. The highest BCUT2D eigenvalue weighted by Crippen LogP contribution is 2.38. The number of carbonyl (C=O) groups excluding carboxylic acids is 1. The first-order valence-corrected chi connectivity index (χ1v) is 7.75. The van der Waals surface area contributed by atoms with Crippen LogP contribution in [0.3, 0.4) is 0 Å². The fraction of sp³-hybridized carbons (Fsp3) is 0.267. The number of nitrogens with one attached hydrogen (secondary N) is 1. The van der Waals surface area contributed by atoms with Crippen molar-refractivity contribution in [1.29, 1.82) is 0 Å². The van der Waals surface area contributed by atoms with Gasteiger partial charge in [0.15, 0.2) is 5.78 Å². The molecule has 0 spiro atoms. The maximum Gasteiger partial charge on any atom is 0.178 e. The summed E-state index contributed by atoms with van der Waals surface area (Å²) in [5.74, 6) is 0.409. The van der Waals surface area contributed by atoms with Gasteiger partial charge in [-0.3, -0.25) is 4.79 Å². The second kappa shape index (κ2) is 5.46. The van der Waals surface area contributed by atoms with Crippen molar-refractivity contribution in [2.45, 2.75) is 19.4 Å². The van der Waals surface area contributed by atoms with Crippen LogP contribution in [0, 0.1) is 5.92 Å². The molecule has 3 N–H and O–H groups in total. The van der Waals surface area contributed by atoms with Crippen LogP contribution in [0.4, 0.5) is 10.7 Å². The number of hydrogen-bond donors (Lipinski definition) is 2. The van der Waals surface area contributed by atoms with E-state index < -0.39 is 0 Å². The molecule has 2 aromatic rings. The van der Waals surface area contributed by atoms with Gasteiger partial charge in [0.2, 0.25) is 0 Å². The normalized spacial score (nSPS) is 14.2. The van der Waals surface area contributed by atoms with E-state index in [1.54, 1.807) is 0 Å². The van der Waals surface area contributed by atoms with Gasteiger partial charge in [-0.25, -0.2) is 0 Å². The predicted octanol–water partition coefficient (Wildman–Crippen LogP) is 4.19. The Labute approximate surface area is 126 Å². The maximum absolute atomic E-state index is 12.0. The average molecular weight is 307 g/mol. The molecular weight excluding hydrogens is 292 g/mol. The summed E-state index contributed by atoms with van der Waals surface area (Å²) in [5.41, 5.74) is 7.65. The Morgan fingerprint density at radius 3 is 2.70 bits per heavy atom. The minimum Gasteiger partial charge on any atom is -0.397 e. The number of ketones is 1. The number of hydrogen-bond acceptors (Lipinski definition) is 4. The predicted molar refractivity (Wildman–Crippen MR) is 84.6 cm³/mol. The molecule has 0 atom stereocenters. The number of Topliss-reactive ketones (excluding diaryl/α,β-unsaturated/α-hetero) is 1. The topological polar surface area (TPSA) is 55.1 Å². The maximum atomic E-state index is 12.0. The summed E-state index contributed by atoms with van der Waals surface area (Å²) in [4.78, 5) is 12.7. The Bertz CT molecular complexity index is 632. The molecule has 0 amide bonds. The van der Waals surface area contributed by atoms with Crippen LogP contribution in [0.15, 0.2) is 30.3 Å². The summed E-state index contributed by atoms with van der Waals surface area (Å²) >= 11 is 7.30. The lowest BCUT2D eigenvalue weighted by molar-refractivity contribution is 0.0972. The van der Waals surface area contributed by atoms with E-state index in [9.17, 15) is 4.79 Å². The molecule has 1 aliphatic carbocycles. The van der Waals surface area contributed by atoms with Crippen LogP contribution in [0.1, 0.15) is 28.1 Å². The molecule has 1 aliphatic rings. The van der Waals surface area contributed by atoms with Gasteiger partial charge in [0.25, 0.3) is 0 Å². The zero-order chi connectivity index (χ0) is 14.1. The monoisotopic (exact) mass is 306 g/mol. The molecule has 5 heteroatoms. The highest BCUT2D eigenvalue weighted by Gasteiger charge is 2.32. The Morgan fingerprint density at radius 1 is 1.35 bits per heavy atom. The van der Waals surface area contributed by atoms with Crippen LogP contribution in [-0.4, -0.2) is 5.78 Å². The van der Waals surface area contributed by atoms with E-state index in [1.165, 1.54) is 11.3 Å². The van der Waals surface area contributed by atoms with Crippen molar-refractivity contribution in [3.05, 3.63) is 45.8 Å². The molecule has 104 valence electrons. The molecule has 0 saturated heterocycles. The number of thiophene rings is 1. The fourth-order valence-corrected chi connectivity index (χ4v) is 3.13. The first-order chi connectivity index (χ1) is 9.63. The largest absolute Gasteiger partial charge is 0.397 e. The lowest BCUT2D eigenvalue weighted by atomic mass is 10.2. The first kappa shape index (κ1) is 13.5. The molecule has 1 heterocycles. The van der Waals surface area contributed by atoms with E-state index >= 15 is 0 Å². The van der Waals surface area contributed by atoms with Crippen molar-refractivity contribution in [2.75, 3.05) is 11.1 Å². The Morgan fingerprint density at radius 2 is 2.05 bits per heavy atom. The van der Waals surface area contributed by atoms with Gasteiger partial charge < -0.3 is 11.1 Å². The van der Waals surface area contributed by atoms with Gasteiger partial charge in [-0.2, -0.15) is 0 Å². The zero-order valence-corrected chi connectivity index (χ0v) is 12.4. The Hall–Kier alpha value is -1.52. The van der Waals surface area contributed by atoms with Gasteiger partial charge in [0.05, 0.1) is 15.6 Å². The third-order valence-electron chi connectivity index (χ3n) is 3.31. The fourth-order valence-electron chi connectivity index (χ4n) is 2.01. The molecule has 3 rings (SSSR count). The van der Waals surface area contributed by atoms with Crippen LogP contribution in [0.25, 0.3) is 0 Å². The summed E-state index contributed by atoms with van der Waals surface area (Å²) in [6, 6.07) is 9.52. The lowest BCUT2D eigenvalue weighted by Crippen LogP contribution is -2.01. The number of halogens is 1. The number of carbonyl (C=O) groups is 1. The van der Waals surface area contributed by atoms with Crippen molar-refractivity contribution < 1.29 is 4.79 Å². The van der Waals surface area contributed by atoms with Gasteiger partial charge in [-0.05, 0) is 36.6 Å². The number of anilines is 2. The van der Waals surface area contributed by atoms with E-state index in [1.807, 2.05) is 30.3 Å². The van der Waals surface area contributed by atoms with Crippen molar-refractivity contribution in [2.24, 2.45) is 5.92 Å². The summed E-state index contributed by atoms with van der Waals surface area (Å²) in [7, 11) is 0. The summed E-state index contributed by atoms with van der Waals surface area (Å²) in [6.07, 6.45) is 2.01. The minimum absolute atomic E-state index is 0.201. The second-order valence-electron chi connectivity index (χ2n) is 5.01. The SMILES string of the molecule is Nc1cc(NCc2ccc(Cl)cc2)sc1C(=O)C1CC1. The zero-order valence-electron chi connectivity index (χ0n) is 10.9. The summed E-state index contributed by atoms with van der Waals surface area (Å²) < 4.78 is 0. The molecule has 1 fully saturated rings. The summed E-state index contributed by atoms with van der Waals surface area (Å²) in [5, 5.41) is 4.96. The lowest BCUT2D eigenvalue weighted by Gasteiger charge is -2.03. The molecule has 1 aromatic heterocycles. The molecule has 20 heavy (non-hydrogen) atoms. The Kier molecular flexibility index (Phi) is 3.68. The quantitative estimate of drug-likeness (QED) is 0.814. The van der Waals surface area contributed by atoms with Gasteiger partial charge in [0.1, 0.15) is 0 Å². The molecule has 0 unspecified atom stereocenters. The van der Waals surface area contributed by atoms with Crippen molar-refractivity contribution >= 4 is 39.4 Å². The molecular formula is C15H15ClN2OS. The van der Waals surface area contributed by atoms with Gasteiger partial charge >= 0.3 is 0 Å². The van der Waals surface area contributed by atoms with Crippen molar-refractivity contribution in [3.8, 4) is 0 Å². The van der Waals surface area contributed by atoms with Gasteiger partial charge in [-0.1, -0.05) is 23.7 Å². The number of nitrogens with two attached hydrogens (primary N) is 1. The highest BCUT2D eigenvalue weighted by molar-refractivity contribution is 7.18. The number of rotatable bonds is 5.